The molecule has 1 heterocycles. The highest BCUT2D eigenvalue weighted by Crippen LogP contribution is 2.20. The summed E-state index contributed by atoms with van der Waals surface area (Å²) in [6.45, 7) is 0.642. The van der Waals surface area contributed by atoms with Gasteiger partial charge in [0, 0.05) is 22.2 Å². The van der Waals surface area contributed by atoms with Crippen molar-refractivity contribution in [2.45, 2.75) is 9.24 Å². The summed E-state index contributed by atoms with van der Waals surface area (Å²) in [6.07, 6.45) is 0. The Balaban J connectivity index is 1.58. The fourth-order valence-corrected chi connectivity index (χ4v) is 3.51. The second-order valence-corrected chi connectivity index (χ2v) is 7.31. The average molecular weight is 346 g/mol. The van der Waals surface area contributed by atoms with Crippen LogP contribution in [-0.4, -0.2) is 34.2 Å². The van der Waals surface area contributed by atoms with Gasteiger partial charge in [-0.15, -0.1) is 22.0 Å². The zero-order chi connectivity index (χ0) is 14.2. The molecular formula is C12H12ClN3OS3. The van der Waals surface area contributed by atoms with Gasteiger partial charge in [0.15, 0.2) is 4.34 Å². The van der Waals surface area contributed by atoms with Crippen LogP contribution in [0.3, 0.4) is 0 Å². The molecule has 8 heteroatoms. The SMILES string of the molecule is O=C(CSc1nncs1)NCCSc1ccc(Cl)cc1. The summed E-state index contributed by atoms with van der Waals surface area (Å²) < 4.78 is 0.815. The smallest absolute Gasteiger partial charge is 0.230 e. The van der Waals surface area contributed by atoms with Crippen LogP contribution in [0.4, 0.5) is 0 Å². The minimum absolute atomic E-state index is 0.0157. The summed E-state index contributed by atoms with van der Waals surface area (Å²) in [5.74, 6) is 1.22. The first-order chi connectivity index (χ1) is 9.74. The maximum absolute atomic E-state index is 11.6. The molecule has 0 spiro atoms. The van der Waals surface area contributed by atoms with Gasteiger partial charge in [-0.1, -0.05) is 34.7 Å². The number of nitrogens with one attached hydrogen (secondary N) is 1. The molecule has 2 rings (SSSR count). The number of carbonyl (C=O) groups excluding carboxylic acids is 1. The molecule has 0 bridgehead atoms. The summed E-state index contributed by atoms with van der Waals surface area (Å²) in [5.41, 5.74) is 1.66. The zero-order valence-corrected chi connectivity index (χ0v) is 13.6. The largest absolute Gasteiger partial charge is 0.355 e. The molecule has 1 aromatic carbocycles. The van der Waals surface area contributed by atoms with Gasteiger partial charge >= 0.3 is 0 Å². The van der Waals surface area contributed by atoms with E-state index in [2.05, 4.69) is 15.5 Å². The second kappa shape index (κ2) is 8.51. The maximum atomic E-state index is 11.6. The van der Waals surface area contributed by atoms with Crippen molar-refractivity contribution in [3.63, 3.8) is 0 Å². The molecule has 0 saturated heterocycles. The topological polar surface area (TPSA) is 54.9 Å². The van der Waals surface area contributed by atoms with Crippen molar-refractivity contribution in [1.29, 1.82) is 0 Å². The first kappa shape index (κ1) is 15.6. The summed E-state index contributed by atoms with van der Waals surface area (Å²) in [6, 6.07) is 7.67. The van der Waals surface area contributed by atoms with Crippen LogP contribution < -0.4 is 5.32 Å². The van der Waals surface area contributed by atoms with Crippen LogP contribution in [0.15, 0.2) is 39.0 Å². The van der Waals surface area contributed by atoms with Crippen molar-refractivity contribution < 1.29 is 4.79 Å². The molecule has 1 amide bonds. The predicted octanol–water partition coefficient (Wildman–Crippen LogP) is 3.19. The molecule has 0 saturated carbocycles. The van der Waals surface area contributed by atoms with E-state index in [1.807, 2.05) is 24.3 Å². The summed E-state index contributed by atoms with van der Waals surface area (Å²) in [7, 11) is 0. The molecule has 0 aliphatic carbocycles. The second-order valence-electron chi connectivity index (χ2n) is 3.65. The summed E-state index contributed by atoms with van der Waals surface area (Å²) in [4.78, 5) is 12.7. The monoisotopic (exact) mass is 345 g/mol. The molecule has 1 N–H and O–H groups in total. The number of amides is 1. The molecule has 0 aliphatic heterocycles. The van der Waals surface area contributed by atoms with Gasteiger partial charge in [-0.25, -0.2) is 0 Å². The normalized spacial score (nSPS) is 10.4. The number of hydrogen-bond donors (Lipinski definition) is 1. The Morgan fingerprint density at radius 2 is 2.10 bits per heavy atom. The van der Waals surface area contributed by atoms with Crippen molar-refractivity contribution >= 4 is 52.4 Å². The molecule has 0 atom stereocenters. The Labute approximate surface area is 134 Å². The first-order valence-electron chi connectivity index (χ1n) is 5.78. The van der Waals surface area contributed by atoms with Gasteiger partial charge in [0.1, 0.15) is 5.51 Å². The van der Waals surface area contributed by atoms with E-state index in [1.54, 1.807) is 17.3 Å². The van der Waals surface area contributed by atoms with Crippen LogP contribution in [0.1, 0.15) is 0 Å². The lowest BCUT2D eigenvalue weighted by Gasteiger charge is -2.04. The van der Waals surface area contributed by atoms with Crippen molar-refractivity contribution in [1.82, 2.24) is 15.5 Å². The van der Waals surface area contributed by atoms with E-state index in [9.17, 15) is 4.79 Å². The highest BCUT2D eigenvalue weighted by Gasteiger charge is 2.04. The van der Waals surface area contributed by atoms with E-state index in [0.29, 0.717) is 12.3 Å². The minimum atomic E-state index is 0.0157. The van der Waals surface area contributed by atoms with Crippen LogP contribution in [0.5, 0.6) is 0 Å². The van der Waals surface area contributed by atoms with Gasteiger partial charge in [0.25, 0.3) is 0 Å². The van der Waals surface area contributed by atoms with Crippen LogP contribution in [0, 0.1) is 0 Å². The molecule has 1 aromatic heterocycles. The third kappa shape index (κ3) is 5.70. The number of aromatic nitrogens is 2. The van der Waals surface area contributed by atoms with Gasteiger partial charge in [-0.3, -0.25) is 4.79 Å². The number of rotatable bonds is 7. The van der Waals surface area contributed by atoms with Crippen molar-refractivity contribution in [3.05, 3.63) is 34.8 Å². The fourth-order valence-electron chi connectivity index (χ4n) is 1.29. The number of nitrogens with zero attached hydrogens (tertiary/aromatic N) is 2. The van der Waals surface area contributed by atoms with Crippen LogP contribution in [0.2, 0.25) is 5.02 Å². The van der Waals surface area contributed by atoms with Gasteiger partial charge in [-0.2, -0.15) is 0 Å². The Hall–Kier alpha value is -0.760. The van der Waals surface area contributed by atoms with Crippen molar-refractivity contribution in [2.24, 2.45) is 0 Å². The van der Waals surface area contributed by atoms with Gasteiger partial charge in [-0.05, 0) is 24.3 Å². The lowest BCUT2D eigenvalue weighted by molar-refractivity contribution is -0.118. The maximum Gasteiger partial charge on any atom is 0.230 e. The van der Waals surface area contributed by atoms with E-state index in [-0.39, 0.29) is 5.91 Å². The Kier molecular flexibility index (Phi) is 6.65. The van der Waals surface area contributed by atoms with Gasteiger partial charge in [0.2, 0.25) is 5.91 Å². The lowest BCUT2D eigenvalue weighted by Crippen LogP contribution is -2.27. The number of halogens is 1. The lowest BCUT2D eigenvalue weighted by atomic mass is 10.4. The highest BCUT2D eigenvalue weighted by molar-refractivity contribution is 8.01. The van der Waals surface area contributed by atoms with Crippen molar-refractivity contribution in [3.8, 4) is 0 Å². The Morgan fingerprint density at radius 1 is 1.30 bits per heavy atom. The van der Waals surface area contributed by atoms with E-state index < -0.39 is 0 Å². The first-order valence-corrected chi connectivity index (χ1v) is 9.01. The zero-order valence-electron chi connectivity index (χ0n) is 10.4. The third-order valence-electron chi connectivity index (χ3n) is 2.17. The van der Waals surface area contributed by atoms with E-state index in [1.165, 1.54) is 23.1 Å². The summed E-state index contributed by atoms with van der Waals surface area (Å²) in [5, 5.41) is 11.2. The van der Waals surface area contributed by atoms with Crippen LogP contribution >= 0.6 is 46.5 Å². The molecule has 0 aliphatic rings. The molecule has 106 valence electrons. The number of carbonyl (C=O) groups is 1. The highest BCUT2D eigenvalue weighted by atomic mass is 35.5. The predicted molar refractivity (Wildman–Crippen MR) is 85.8 cm³/mol. The number of hydrogen-bond acceptors (Lipinski definition) is 6. The van der Waals surface area contributed by atoms with E-state index >= 15 is 0 Å². The van der Waals surface area contributed by atoms with Crippen LogP contribution in [-0.2, 0) is 4.79 Å². The quantitative estimate of drug-likeness (QED) is 0.617. The summed E-state index contributed by atoms with van der Waals surface area (Å²) >= 11 is 10.3. The minimum Gasteiger partial charge on any atom is -0.355 e. The number of benzene rings is 1. The van der Waals surface area contributed by atoms with Gasteiger partial charge < -0.3 is 5.32 Å². The molecule has 0 unspecified atom stereocenters. The van der Waals surface area contributed by atoms with Gasteiger partial charge in [0.05, 0.1) is 5.75 Å². The standard InChI is InChI=1S/C12H12ClN3OS3/c13-9-1-3-10(4-2-9)18-6-5-14-11(17)7-19-12-16-15-8-20-12/h1-4,8H,5-7H2,(H,14,17). The van der Waals surface area contributed by atoms with E-state index in [0.717, 1.165) is 20.0 Å². The Morgan fingerprint density at radius 3 is 2.80 bits per heavy atom. The number of thioether (sulfide) groups is 2. The Bertz CT molecular complexity index is 533. The third-order valence-corrected chi connectivity index (χ3v) is 5.30. The molecule has 0 fully saturated rings. The average Bonchev–Trinajstić information content (AvgIpc) is 2.96. The van der Waals surface area contributed by atoms with Crippen LogP contribution in [0.25, 0.3) is 0 Å². The fraction of sp³-hybridized carbons (Fsp3) is 0.250. The van der Waals surface area contributed by atoms with E-state index in [4.69, 9.17) is 11.6 Å². The molecule has 0 radical (unpaired) electrons. The molecule has 4 nitrogen and oxygen atoms in total. The molecule has 20 heavy (non-hydrogen) atoms. The molecular weight excluding hydrogens is 334 g/mol. The molecule has 2 aromatic rings. The van der Waals surface area contributed by atoms with Crippen molar-refractivity contribution in [2.75, 3.05) is 18.1 Å².